The number of nitrogens with zero attached hydrogens (tertiary/aromatic N) is 3. The van der Waals surface area contributed by atoms with Crippen molar-refractivity contribution in [1.82, 2.24) is 0 Å². The van der Waals surface area contributed by atoms with Gasteiger partial charge in [-0.3, -0.25) is 9.59 Å². The summed E-state index contributed by atoms with van der Waals surface area (Å²) in [7, 11) is 0. The molecule has 6 heteroatoms. The number of hydrogen-bond acceptors (Lipinski definition) is 5. The minimum absolute atomic E-state index is 0.0933. The number of benzene rings is 2. The van der Waals surface area contributed by atoms with Crippen LogP contribution in [0, 0.1) is 29.6 Å². The van der Waals surface area contributed by atoms with Crippen LogP contribution in [0.25, 0.3) is 0 Å². The molecule has 0 atom stereocenters. The zero-order valence-corrected chi connectivity index (χ0v) is 13.3. The fourth-order valence-electron chi connectivity index (χ4n) is 2.50. The highest BCUT2D eigenvalue weighted by atomic mass is 16.2. The average Bonchev–Trinajstić information content (AvgIpc) is 2.87. The molecule has 2 amide bonds. The van der Waals surface area contributed by atoms with Gasteiger partial charge in [0, 0.05) is 11.9 Å². The lowest BCUT2D eigenvalue weighted by atomic mass is 10.1. The molecule has 1 heterocycles. The Labute approximate surface area is 144 Å². The van der Waals surface area contributed by atoms with Crippen molar-refractivity contribution in [3.05, 3.63) is 70.9 Å². The molecule has 0 saturated carbocycles. The summed E-state index contributed by atoms with van der Waals surface area (Å²) in [6.45, 7) is 1.92. The van der Waals surface area contributed by atoms with Gasteiger partial charge in [-0.15, -0.1) is 0 Å². The van der Waals surface area contributed by atoms with Crippen LogP contribution in [-0.4, -0.2) is 11.8 Å². The topological polar surface area (TPSA) is 97.0 Å². The molecule has 3 rings (SSSR count). The van der Waals surface area contributed by atoms with Crippen molar-refractivity contribution in [2.24, 2.45) is 0 Å². The summed E-state index contributed by atoms with van der Waals surface area (Å²) in [5.41, 5.74) is 2.56. The van der Waals surface area contributed by atoms with E-state index in [-0.39, 0.29) is 17.0 Å². The first-order valence-electron chi connectivity index (χ1n) is 7.41. The quantitative estimate of drug-likeness (QED) is 0.689. The van der Waals surface area contributed by atoms with Crippen molar-refractivity contribution in [3.63, 3.8) is 0 Å². The predicted molar refractivity (Wildman–Crippen MR) is 91.7 cm³/mol. The summed E-state index contributed by atoms with van der Waals surface area (Å²) >= 11 is 0. The molecule has 0 spiro atoms. The molecule has 1 aliphatic rings. The van der Waals surface area contributed by atoms with Crippen LogP contribution < -0.4 is 10.2 Å². The van der Waals surface area contributed by atoms with E-state index in [0.29, 0.717) is 16.9 Å². The van der Waals surface area contributed by atoms with E-state index < -0.39 is 5.91 Å². The van der Waals surface area contributed by atoms with E-state index in [2.05, 4.69) is 5.32 Å². The maximum atomic E-state index is 12.7. The average molecular weight is 328 g/mol. The number of rotatable bonds is 3. The van der Waals surface area contributed by atoms with Gasteiger partial charge < -0.3 is 5.32 Å². The molecule has 1 N–H and O–H groups in total. The largest absolute Gasteiger partial charge is 0.360 e. The summed E-state index contributed by atoms with van der Waals surface area (Å²) in [5, 5.41) is 20.2. The number of carbonyl (C=O) groups is 2. The molecule has 0 unspecified atom stereocenters. The van der Waals surface area contributed by atoms with Gasteiger partial charge in [-0.2, -0.15) is 10.5 Å². The Morgan fingerprint density at radius 1 is 1.00 bits per heavy atom. The van der Waals surface area contributed by atoms with Crippen LogP contribution >= 0.6 is 0 Å². The summed E-state index contributed by atoms with van der Waals surface area (Å²) in [6.07, 6.45) is 1.25. The number of carbonyl (C=O) groups excluding carboxylic acids is 2. The van der Waals surface area contributed by atoms with E-state index in [4.69, 9.17) is 10.5 Å². The van der Waals surface area contributed by atoms with Crippen molar-refractivity contribution < 1.29 is 9.59 Å². The van der Waals surface area contributed by atoms with E-state index in [1.807, 2.05) is 19.1 Å². The van der Waals surface area contributed by atoms with E-state index in [1.165, 1.54) is 12.3 Å². The predicted octanol–water partition coefficient (Wildman–Crippen LogP) is 3.14. The smallest absolute Gasteiger partial charge is 0.266 e. The van der Waals surface area contributed by atoms with Gasteiger partial charge in [-0.1, -0.05) is 17.7 Å². The molecule has 6 nitrogen and oxygen atoms in total. The Morgan fingerprint density at radius 3 is 2.28 bits per heavy atom. The van der Waals surface area contributed by atoms with Crippen LogP contribution in [0.1, 0.15) is 26.3 Å². The van der Waals surface area contributed by atoms with Gasteiger partial charge in [0.2, 0.25) is 0 Å². The molecule has 0 aliphatic carbocycles. The van der Waals surface area contributed by atoms with Gasteiger partial charge in [-0.05, 0) is 37.3 Å². The van der Waals surface area contributed by atoms with Crippen molar-refractivity contribution in [1.29, 1.82) is 10.5 Å². The normalized spacial score (nSPS) is 12.2. The maximum absolute atomic E-state index is 12.7. The van der Waals surface area contributed by atoms with Crippen LogP contribution in [0.5, 0.6) is 0 Å². The minimum Gasteiger partial charge on any atom is -0.360 e. The van der Waals surface area contributed by atoms with Gasteiger partial charge in [0.1, 0.15) is 17.7 Å². The molecule has 1 aliphatic heterocycles. The molecule has 0 radical (unpaired) electrons. The van der Waals surface area contributed by atoms with Crippen molar-refractivity contribution in [2.45, 2.75) is 6.92 Å². The Balaban J connectivity index is 1.93. The number of aryl methyl sites for hydroxylation is 1. The number of anilines is 2. The standard InChI is InChI=1S/C19H12N4O2/c1-12-2-5-15(6-3-12)23-18(24)16-7-4-14(8-17(16)19(23)25)22-11-13(9-20)10-21/h2-8,11,22H,1H3. The second-order valence-electron chi connectivity index (χ2n) is 5.47. The summed E-state index contributed by atoms with van der Waals surface area (Å²) in [5.74, 6) is -0.780. The lowest BCUT2D eigenvalue weighted by Gasteiger charge is -2.13. The first-order chi connectivity index (χ1) is 12.0. The fourth-order valence-corrected chi connectivity index (χ4v) is 2.50. The fraction of sp³-hybridized carbons (Fsp3) is 0.0526. The number of fused-ring (bicyclic) bond motifs is 1. The van der Waals surface area contributed by atoms with Crippen molar-refractivity contribution in [2.75, 3.05) is 10.2 Å². The Bertz CT molecular complexity index is 976. The summed E-state index contributed by atoms with van der Waals surface area (Å²) < 4.78 is 0. The number of allylic oxidation sites excluding steroid dienone is 1. The highest BCUT2D eigenvalue weighted by Crippen LogP contribution is 2.30. The van der Waals surface area contributed by atoms with E-state index in [9.17, 15) is 9.59 Å². The zero-order chi connectivity index (χ0) is 18.0. The first-order valence-corrected chi connectivity index (χ1v) is 7.41. The van der Waals surface area contributed by atoms with Crippen molar-refractivity contribution >= 4 is 23.2 Å². The Kier molecular flexibility index (Phi) is 4.03. The highest BCUT2D eigenvalue weighted by molar-refractivity contribution is 6.34. The van der Waals surface area contributed by atoms with E-state index in [0.717, 1.165) is 10.5 Å². The molecule has 0 saturated heterocycles. The van der Waals surface area contributed by atoms with Crippen molar-refractivity contribution in [3.8, 4) is 12.1 Å². The van der Waals surface area contributed by atoms with Crippen LogP contribution in [0.4, 0.5) is 11.4 Å². The number of imide groups is 1. The first kappa shape index (κ1) is 16.0. The van der Waals surface area contributed by atoms with Crippen LogP contribution in [-0.2, 0) is 0 Å². The van der Waals surface area contributed by atoms with Crippen LogP contribution in [0.3, 0.4) is 0 Å². The Hall–Kier alpha value is -3.90. The molecule has 2 aromatic rings. The van der Waals surface area contributed by atoms with Gasteiger partial charge in [0.15, 0.2) is 0 Å². The van der Waals surface area contributed by atoms with Crippen LogP contribution in [0.2, 0.25) is 0 Å². The molecule has 2 aromatic carbocycles. The molecular formula is C19H12N4O2. The lowest BCUT2D eigenvalue weighted by molar-refractivity contribution is 0.0926. The van der Waals surface area contributed by atoms with E-state index >= 15 is 0 Å². The zero-order valence-electron chi connectivity index (χ0n) is 13.3. The van der Waals surface area contributed by atoms with Gasteiger partial charge in [0.25, 0.3) is 11.8 Å². The Morgan fingerprint density at radius 2 is 1.64 bits per heavy atom. The highest BCUT2D eigenvalue weighted by Gasteiger charge is 2.36. The van der Waals surface area contributed by atoms with Crippen LogP contribution in [0.15, 0.2) is 54.2 Å². The molecule has 0 bridgehead atoms. The van der Waals surface area contributed by atoms with Gasteiger partial charge in [-0.25, -0.2) is 4.90 Å². The third-order valence-electron chi connectivity index (χ3n) is 3.80. The second-order valence-corrected chi connectivity index (χ2v) is 5.47. The second kappa shape index (κ2) is 6.31. The summed E-state index contributed by atoms with van der Waals surface area (Å²) in [4.78, 5) is 26.3. The molecule has 25 heavy (non-hydrogen) atoms. The van der Waals surface area contributed by atoms with Gasteiger partial charge in [0.05, 0.1) is 16.8 Å². The third kappa shape index (κ3) is 2.85. The number of hydrogen-bond donors (Lipinski definition) is 1. The number of nitriles is 2. The van der Waals surface area contributed by atoms with Gasteiger partial charge >= 0.3 is 0 Å². The molecule has 120 valence electrons. The lowest BCUT2D eigenvalue weighted by Crippen LogP contribution is -2.29. The SMILES string of the molecule is Cc1ccc(N2C(=O)c3ccc(NC=C(C#N)C#N)cc3C2=O)cc1. The molecular weight excluding hydrogens is 316 g/mol. The molecule has 0 fully saturated rings. The maximum Gasteiger partial charge on any atom is 0.266 e. The minimum atomic E-state index is -0.405. The summed E-state index contributed by atoms with van der Waals surface area (Å²) in [6, 6.07) is 15.3. The third-order valence-corrected chi connectivity index (χ3v) is 3.80. The number of amides is 2. The van der Waals surface area contributed by atoms with E-state index in [1.54, 1.807) is 36.4 Å². The monoisotopic (exact) mass is 328 g/mol. The molecule has 0 aromatic heterocycles. The number of nitrogens with one attached hydrogen (secondary N) is 1.